The first-order valence-electron chi connectivity index (χ1n) is 7.76. The van der Waals surface area contributed by atoms with E-state index in [4.69, 9.17) is 9.15 Å². The summed E-state index contributed by atoms with van der Waals surface area (Å²) in [6.07, 6.45) is 5.40. The summed E-state index contributed by atoms with van der Waals surface area (Å²) in [5, 5.41) is 5.33. The van der Waals surface area contributed by atoms with Crippen LogP contribution in [0.25, 0.3) is 6.08 Å². The van der Waals surface area contributed by atoms with Crippen molar-refractivity contribution in [1.29, 1.82) is 0 Å². The number of amides is 2. The Hall–Kier alpha value is -2.80. The van der Waals surface area contributed by atoms with Gasteiger partial charge in [-0.1, -0.05) is 0 Å². The number of rotatable bonds is 9. The number of ether oxygens (including phenoxy) is 1. The smallest absolute Gasteiger partial charge is 0.291 e. The molecule has 24 heavy (non-hydrogen) atoms. The van der Waals surface area contributed by atoms with E-state index in [1.54, 1.807) is 30.5 Å². The molecule has 0 spiro atoms. The molecule has 0 bridgehead atoms. The van der Waals surface area contributed by atoms with Crippen LogP contribution in [0.1, 0.15) is 29.6 Å². The Morgan fingerprint density at radius 1 is 1.33 bits per heavy atom. The van der Waals surface area contributed by atoms with Gasteiger partial charge >= 0.3 is 0 Å². The molecule has 0 atom stereocenters. The molecule has 3 N–H and O–H groups in total. The summed E-state index contributed by atoms with van der Waals surface area (Å²) in [7, 11) is 0. The van der Waals surface area contributed by atoms with E-state index in [9.17, 15) is 9.59 Å². The van der Waals surface area contributed by atoms with Crippen molar-refractivity contribution in [3.8, 4) is 0 Å². The van der Waals surface area contributed by atoms with Crippen molar-refractivity contribution >= 4 is 17.9 Å². The molecule has 7 heteroatoms. The van der Waals surface area contributed by atoms with Gasteiger partial charge in [-0.15, -0.1) is 0 Å². The normalized spacial score (nSPS) is 11.3. The third-order valence-corrected chi connectivity index (χ3v) is 3.11. The highest BCUT2D eigenvalue weighted by atomic mass is 16.5. The standard InChI is InChI=1S/C17H21N3O4/c1-2-23-10-5-9-19-16(21)14(12-13-6-3-8-18-13)20-17(22)15-7-4-11-24-15/h3-4,6-8,11-12,18H,2,5,9-10H2,1H3,(H,19,21)(H,20,22). The van der Waals surface area contributed by atoms with Crippen LogP contribution < -0.4 is 10.6 Å². The summed E-state index contributed by atoms with van der Waals surface area (Å²) >= 11 is 0. The van der Waals surface area contributed by atoms with Crippen LogP contribution in [0.4, 0.5) is 0 Å². The van der Waals surface area contributed by atoms with Crippen LogP contribution in [0.3, 0.4) is 0 Å². The van der Waals surface area contributed by atoms with Crippen LogP contribution in [-0.4, -0.2) is 36.6 Å². The predicted octanol–water partition coefficient (Wildman–Crippen LogP) is 1.92. The third-order valence-electron chi connectivity index (χ3n) is 3.11. The number of aromatic amines is 1. The Bertz CT molecular complexity index is 660. The molecule has 0 radical (unpaired) electrons. The maximum atomic E-state index is 12.3. The number of carbonyl (C=O) groups is 2. The van der Waals surface area contributed by atoms with E-state index in [-0.39, 0.29) is 17.4 Å². The fourth-order valence-electron chi connectivity index (χ4n) is 1.96. The Morgan fingerprint density at radius 3 is 2.88 bits per heavy atom. The number of carbonyl (C=O) groups excluding carboxylic acids is 2. The van der Waals surface area contributed by atoms with Gasteiger partial charge in [-0.2, -0.15) is 0 Å². The van der Waals surface area contributed by atoms with Crippen molar-refractivity contribution in [2.75, 3.05) is 19.8 Å². The van der Waals surface area contributed by atoms with Gasteiger partial charge in [0.2, 0.25) is 0 Å². The summed E-state index contributed by atoms with van der Waals surface area (Å²) in [6, 6.07) is 6.73. The van der Waals surface area contributed by atoms with Crippen LogP contribution in [-0.2, 0) is 9.53 Å². The minimum absolute atomic E-state index is 0.134. The lowest BCUT2D eigenvalue weighted by molar-refractivity contribution is -0.117. The van der Waals surface area contributed by atoms with E-state index >= 15 is 0 Å². The first-order valence-corrected chi connectivity index (χ1v) is 7.76. The Kier molecular flexibility index (Phi) is 6.85. The Morgan fingerprint density at radius 2 is 2.21 bits per heavy atom. The van der Waals surface area contributed by atoms with Crippen LogP contribution in [0, 0.1) is 0 Å². The molecule has 2 rings (SSSR count). The minimum atomic E-state index is -0.484. The van der Waals surface area contributed by atoms with Crippen LogP contribution in [0.5, 0.6) is 0 Å². The summed E-state index contributed by atoms with van der Waals surface area (Å²) in [6.45, 7) is 3.59. The largest absolute Gasteiger partial charge is 0.459 e. The van der Waals surface area contributed by atoms with Crippen LogP contribution >= 0.6 is 0 Å². The van der Waals surface area contributed by atoms with Gasteiger partial charge in [0.1, 0.15) is 5.70 Å². The third kappa shape index (κ3) is 5.44. The van der Waals surface area contributed by atoms with E-state index in [1.165, 1.54) is 12.3 Å². The molecule has 0 unspecified atom stereocenters. The molecule has 0 saturated carbocycles. The number of aromatic nitrogens is 1. The molecule has 2 aromatic heterocycles. The van der Waals surface area contributed by atoms with E-state index < -0.39 is 5.91 Å². The highest BCUT2D eigenvalue weighted by molar-refractivity contribution is 6.04. The maximum absolute atomic E-state index is 12.3. The molecule has 0 aliphatic heterocycles. The van der Waals surface area contributed by atoms with Crippen LogP contribution in [0.15, 0.2) is 46.8 Å². The van der Waals surface area contributed by atoms with Crippen molar-refractivity contribution in [3.63, 3.8) is 0 Å². The quantitative estimate of drug-likeness (QED) is 0.483. The van der Waals surface area contributed by atoms with E-state index in [1.807, 2.05) is 6.92 Å². The van der Waals surface area contributed by atoms with Crippen molar-refractivity contribution < 1.29 is 18.7 Å². The van der Waals surface area contributed by atoms with Crippen molar-refractivity contribution in [3.05, 3.63) is 53.9 Å². The molecule has 0 fully saturated rings. The lowest BCUT2D eigenvalue weighted by Gasteiger charge is -2.10. The lowest BCUT2D eigenvalue weighted by Crippen LogP contribution is -2.35. The number of hydrogen-bond donors (Lipinski definition) is 3. The fraction of sp³-hybridized carbons (Fsp3) is 0.294. The Labute approximate surface area is 140 Å². The molecule has 0 aliphatic carbocycles. The second-order valence-electron chi connectivity index (χ2n) is 4.92. The zero-order valence-corrected chi connectivity index (χ0v) is 13.5. The number of nitrogens with one attached hydrogen (secondary N) is 3. The topological polar surface area (TPSA) is 96.4 Å². The number of furan rings is 1. The maximum Gasteiger partial charge on any atom is 0.291 e. The highest BCUT2D eigenvalue weighted by Crippen LogP contribution is 2.06. The van der Waals surface area contributed by atoms with Gasteiger partial charge in [0.05, 0.1) is 6.26 Å². The highest BCUT2D eigenvalue weighted by Gasteiger charge is 2.16. The molecule has 128 valence electrons. The molecule has 2 heterocycles. The monoisotopic (exact) mass is 331 g/mol. The summed E-state index contributed by atoms with van der Waals surface area (Å²) < 4.78 is 10.3. The minimum Gasteiger partial charge on any atom is -0.459 e. The molecule has 2 aromatic rings. The lowest BCUT2D eigenvalue weighted by atomic mass is 10.3. The van der Waals surface area contributed by atoms with Gasteiger partial charge in [-0.3, -0.25) is 9.59 Å². The van der Waals surface area contributed by atoms with Gasteiger partial charge in [-0.25, -0.2) is 0 Å². The van der Waals surface area contributed by atoms with Gasteiger partial charge in [0, 0.05) is 31.6 Å². The molecule has 0 aliphatic rings. The number of hydrogen-bond acceptors (Lipinski definition) is 4. The molecular formula is C17H21N3O4. The second kappa shape index (κ2) is 9.36. The van der Waals surface area contributed by atoms with Crippen LogP contribution in [0.2, 0.25) is 0 Å². The van der Waals surface area contributed by atoms with Crippen molar-refractivity contribution in [2.45, 2.75) is 13.3 Å². The van der Waals surface area contributed by atoms with Gasteiger partial charge in [0.25, 0.3) is 11.8 Å². The van der Waals surface area contributed by atoms with Gasteiger partial charge < -0.3 is 24.8 Å². The average Bonchev–Trinajstić information content (AvgIpc) is 3.27. The first kappa shape index (κ1) is 17.6. The van der Waals surface area contributed by atoms with E-state index in [2.05, 4.69) is 15.6 Å². The van der Waals surface area contributed by atoms with Gasteiger partial charge in [0.15, 0.2) is 5.76 Å². The zero-order chi connectivity index (χ0) is 17.2. The molecule has 0 aromatic carbocycles. The first-order chi connectivity index (χ1) is 11.7. The Balaban J connectivity index is 2.00. The molecule has 7 nitrogen and oxygen atoms in total. The van der Waals surface area contributed by atoms with Gasteiger partial charge in [-0.05, 0) is 43.7 Å². The molecule has 2 amide bonds. The number of H-pyrrole nitrogens is 1. The van der Waals surface area contributed by atoms with Crippen molar-refractivity contribution in [2.24, 2.45) is 0 Å². The summed E-state index contributed by atoms with van der Waals surface area (Å²) in [5.41, 5.74) is 0.837. The average molecular weight is 331 g/mol. The fourth-order valence-corrected chi connectivity index (χ4v) is 1.96. The predicted molar refractivity (Wildman–Crippen MR) is 89.1 cm³/mol. The summed E-state index contributed by atoms with van der Waals surface area (Å²) in [5.74, 6) is -0.722. The van der Waals surface area contributed by atoms with E-state index in [0.717, 1.165) is 0 Å². The SMILES string of the molecule is CCOCCCNC(=O)C(=Cc1ccc[nH]1)NC(=O)c1ccco1. The zero-order valence-electron chi connectivity index (χ0n) is 13.5. The van der Waals surface area contributed by atoms with Crippen molar-refractivity contribution in [1.82, 2.24) is 15.6 Å². The second-order valence-corrected chi connectivity index (χ2v) is 4.92. The molecular weight excluding hydrogens is 310 g/mol. The summed E-state index contributed by atoms with van der Waals surface area (Å²) in [4.78, 5) is 27.4. The molecule has 0 saturated heterocycles. The van der Waals surface area contributed by atoms with E-state index in [0.29, 0.717) is 31.9 Å².